The fourth-order valence-corrected chi connectivity index (χ4v) is 1.94. The number of aryl methyl sites for hydroxylation is 1. The van der Waals surface area contributed by atoms with Crippen LogP contribution >= 0.6 is 0 Å². The maximum atomic E-state index is 9.16. The summed E-state index contributed by atoms with van der Waals surface area (Å²) in [6, 6.07) is 6.37. The lowest BCUT2D eigenvalue weighted by molar-refractivity contribution is 0.189. The van der Waals surface area contributed by atoms with E-state index in [1.165, 1.54) is 5.56 Å². The highest BCUT2D eigenvalue weighted by Crippen LogP contribution is 2.14. The first-order valence-corrected chi connectivity index (χ1v) is 6.28. The number of fused-ring (bicyclic) bond motifs is 1. The van der Waals surface area contributed by atoms with Crippen molar-refractivity contribution in [2.75, 3.05) is 13.2 Å². The number of nitrogens with zero attached hydrogens (tertiary/aromatic N) is 2. The Hall–Kier alpha value is -1.39. The van der Waals surface area contributed by atoms with Crippen molar-refractivity contribution >= 4 is 11.0 Å². The molecule has 0 amide bonds. The second kappa shape index (κ2) is 5.08. The van der Waals surface area contributed by atoms with Crippen molar-refractivity contribution in [3.8, 4) is 0 Å². The normalized spacial score (nSPS) is 12.2. The smallest absolute Gasteiger partial charge is 0.0955 e. The zero-order chi connectivity index (χ0) is 13.2. The Morgan fingerprint density at radius 2 is 2.17 bits per heavy atom. The number of aromatic nitrogens is 2. The van der Waals surface area contributed by atoms with E-state index < -0.39 is 0 Å². The number of hydrogen-bond acceptors (Lipinski definition) is 3. The van der Waals surface area contributed by atoms with Crippen LogP contribution in [0.1, 0.15) is 19.4 Å². The number of aliphatic hydroxyl groups excluding tert-OH is 1. The standard InChI is InChI=1S/C14H21N3O/c1-14(2,9-18)16-7-6-11-4-5-13-12(8-11)15-10-17(13)3/h4-5,8,10,16,18H,6-7,9H2,1-3H3. The SMILES string of the molecule is Cn1cnc2cc(CCNC(C)(C)CO)ccc21. The van der Waals surface area contributed by atoms with Gasteiger partial charge in [-0.15, -0.1) is 0 Å². The predicted octanol–water partition coefficient (Wildman–Crippen LogP) is 1.48. The number of benzene rings is 1. The third kappa shape index (κ3) is 2.89. The van der Waals surface area contributed by atoms with Gasteiger partial charge in [0, 0.05) is 12.6 Å². The molecule has 1 aromatic heterocycles. The van der Waals surface area contributed by atoms with E-state index >= 15 is 0 Å². The highest BCUT2D eigenvalue weighted by atomic mass is 16.3. The number of imidazole rings is 1. The molecule has 4 heteroatoms. The molecule has 0 spiro atoms. The van der Waals surface area contributed by atoms with Gasteiger partial charge in [0.05, 0.1) is 24.0 Å². The minimum absolute atomic E-state index is 0.145. The zero-order valence-electron chi connectivity index (χ0n) is 11.3. The minimum Gasteiger partial charge on any atom is -0.394 e. The van der Waals surface area contributed by atoms with E-state index in [4.69, 9.17) is 5.11 Å². The van der Waals surface area contributed by atoms with Gasteiger partial charge in [0.1, 0.15) is 0 Å². The second-order valence-electron chi connectivity index (χ2n) is 5.40. The van der Waals surface area contributed by atoms with Gasteiger partial charge < -0.3 is 15.0 Å². The van der Waals surface area contributed by atoms with Crippen LogP contribution in [-0.4, -0.2) is 33.3 Å². The maximum Gasteiger partial charge on any atom is 0.0955 e. The fourth-order valence-electron chi connectivity index (χ4n) is 1.94. The van der Waals surface area contributed by atoms with E-state index in [-0.39, 0.29) is 12.1 Å². The predicted molar refractivity (Wildman–Crippen MR) is 73.6 cm³/mol. The molecule has 0 fully saturated rings. The van der Waals surface area contributed by atoms with E-state index in [2.05, 4.69) is 28.5 Å². The van der Waals surface area contributed by atoms with Crippen molar-refractivity contribution in [2.45, 2.75) is 25.8 Å². The van der Waals surface area contributed by atoms with Gasteiger partial charge in [-0.3, -0.25) is 0 Å². The van der Waals surface area contributed by atoms with Crippen molar-refractivity contribution in [3.05, 3.63) is 30.1 Å². The Morgan fingerprint density at radius 3 is 2.89 bits per heavy atom. The van der Waals surface area contributed by atoms with Crippen LogP contribution in [0.25, 0.3) is 11.0 Å². The topological polar surface area (TPSA) is 50.1 Å². The molecule has 0 saturated carbocycles. The molecule has 0 aliphatic carbocycles. The summed E-state index contributed by atoms with van der Waals surface area (Å²) in [5.74, 6) is 0. The Labute approximate surface area is 108 Å². The molecule has 0 bridgehead atoms. The number of nitrogens with one attached hydrogen (secondary N) is 1. The van der Waals surface area contributed by atoms with E-state index in [1.807, 2.05) is 31.8 Å². The zero-order valence-corrected chi connectivity index (χ0v) is 11.3. The van der Waals surface area contributed by atoms with E-state index in [0.29, 0.717) is 0 Å². The summed E-state index contributed by atoms with van der Waals surface area (Å²) >= 11 is 0. The van der Waals surface area contributed by atoms with Gasteiger partial charge in [0.15, 0.2) is 0 Å². The first-order chi connectivity index (χ1) is 8.52. The summed E-state index contributed by atoms with van der Waals surface area (Å²) in [5.41, 5.74) is 3.25. The van der Waals surface area contributed by atoms with E-state index in [1.54, 1.807) is 0 Å². The first-order valence-electron chi connectivity index (χ1n) is 6.28. The lowest BCUT2D eigenvalue weighted by Crippen LogP contribution is -2.43. The monoisotopic (exact) mass is 247 g/mol. The van der Waals surface area contributed by atoms with Gasteiger partial charge in [-0.25, -0.2) is 4.98 Å². The lowest BCUT2D eigenvalue weighted by Gasteiger charge is -2.23. The molecule has 0 saturated heterocycles. The van der Waals surface area contributed by atoms with Crippen LogP contribution in [0.3, 0.4) is 0 Å². The molecule has 0 radical (unpaired) electrons. The summed E-state index contributed by atoms with van der Waals surface area (Å²) in [4.78, 5) is 4.35. The summed E-state index contributed by atoms with van der Waals surface area (Å²) in [7, 11) is 2.00. The van der Waals surface area contributed by atoms with E-state index in [0.717, 1.165) is 24.0 Å². The summed E-state index contributed by atoms with van der Waals surface area (Å²) in [5, 5.41) is 12.5. The average Bonchev–Trinajstić information content (AvgIpc) is 2.71. The van der Waals surface area contributed by atoms with Crippen molar-refractivity contribution < 1.29 is 5.11 Å². The third-order valence-electron chi connectivity index (χ3n) is 3.20. The van der Waals surface area contributed by atoms with Gasteiger partial charge in [0.2, 0.25) is 0 Å². The average molecular weight is 247 g/mol. The van der Waals surface area contributed by atoms with Crippen molar-refractivity contribution in [3.63, 3.8) is 0 Å². The molecule has 0 aliphatic rings. The Balaban J connectivity index is 2.00. The lowest BCUT2D eigenvalue weighted by atomic mass is 10.1. The van der Waals surface area contributed by atoms with Gasteiger partial charge in [0.25, 0.3) is 0 Å². The van der Waals surface area contributed by atoms with Crippen LogP contribution in [0, 0.1) is 0 Å². The van der Waals surface area contributed by atoms with Crippen LogP contribution in [-0.2, 0) is 13.5 Å². The number of hydrogen-bond donors (Lipinski definition) is 2. The van der Waals surface area contributed by atoms with Gasteiger partial charge >= 0.3 is 0 Å². The largest absolute Gasteiger partial charge is 0.394 e. The Bertz CT molecular complexity index is 531. The summed E-state index contributed by atoms with van der Waals surface area (Å²) in [6.45, 7) is 4.99. The van der Waals surface area contributed by atoms with Crippen LogP contribution in [0.5, 0.6) is 0 Å². The second-order valence-corrected chi connectivity index (χ2v) is 5.40. The summed E-state index contributed by atoms with van der Waals surface area (Å²) < 4.78 is 2.02. The van der Waals surface area contributed by atoms with Gasteiger partial charge in [-0.05, 0) is 44.5 Å². The van der Waals surface area contributed by atoms with Crippen molar-refractivity contribution in [1.29, 1.82) is 0 Å². The Kier molecular flexibility index (Phi) is 3.68. The molecule has 1 aromatic carbocycles. The minimum atomic E-state index is -0.213. The van der Waals surface area contributed by atoms with Crippen LogP contribution < -0.4 is 5.32 Å². The van der Waals surface area contributed by atoms with E-state index in [9.17, 15) is 0 Å². The summed E-state index contributed by atoms with van der Waals surface area (Å²) in [6.07, 6.45) is 2.78. The Morgan fingerprint density at radius 1 is 1.39 bits per heavy atom. The molecule has 0 unspecified atom stereocenters. The molecule has 2 rings (SSSR count). The quantitative estimate of drug-likeness (QED) is 0.841. The molecule has 98 valence electrons. The molecule has 0 aliphatic heterocycles. The first kappa shape index (κ1) is 13.1. The molecule has 4 nitrogen and oxygen atoms in total. The molecule has 18 heavy (non-hydrogen) atoms. The number of aliphatic hydroxyl groups is 1. The highest BCUT2D eigenvalue weighted by Gasteiger charge is 2.14. The molecule has 2 N–H and O–H groups in total. The molecular formula is C14H21N3O. The van der Waals surface area contributed by atoms with Crippen molar-refractivity contribution in [1.82, 2.24) is 14.9 Å². The maximum absolute atomic E-state index is 9.16. The van der Waals surface area contributed by atoms with Crippen molar-refractivity contribution in [2.24, 2.45) is 7.05 Å². The van der Waals surface area contributed by atoms with Gasteiger partial charge in [-0.1, -0.05) is 6.07 Å². The highest BCUT2D eigenvalue weighted by molar-refractivity contribution is 5.75. The van der Waals surface area contributed by atoms with Crippen LogP contribution in [0.2, 0.25) is 0 Å². The third-order valence-corrected chi connectivity index (χ3v) is 3.20. The molecule has 2 aromatic rings. The van der Waals surface area contributed by atoms with Crippen LogP contribution in [0.4, 0.5) is 0 Å². The molecular weight excluding hydrogens is 226 g/mol. The fraction of sp³-hybridized carbons (Fsp3) is 0.500. The molecule has 1 heterocycles. The number of rotatable bonds is 5. The van der Waals surface area contributed by atoms with Gasteiger partial charge in [-0.2, -0.15) is 0 Å². The van der Waals surface area contributed by atoms with Crippen LogP contribution in [0.15, 0.2) is 24.5 Å². The molecule has 0 atom stereocenters.